The highest BCUT2D eigenvalue weighted by Crippen LogP contribution is 2.00. The molecule has 20 heavy (non-hydrogen) atoms. The number of hydrogen-bond acceptors (Lipinski definition) is 5. The van der Waals surface area contributed by atoms with Gasteiger partial charge in [-0.1, -0.05) is 6.92 Å². The summed E-state index contributed by atoms with van der Waals surface area (Å²) in [5, 5.41) is 3.03. The highest BCUT2D eigenvalue weighted by molar-refractivity contribution is 5.78. The molecule has 2 aliphatic rings. The van der Waals surface area contributed by atoms with Crippen LogP contribution in [0, 0.1) is 0 Å². The van der Waals surface area contributed by atoms with E-state index in [1.54, 1.807) is 0 Å². The van der Waals surface area contributed by atoms with Crippen molar-refractivity contribution in [2.45, 2.75) is 6.92 Å². The Kier molecular flexibility index (Phi) is 6.72. The zero-order chi connectivity index (χ0) is 14.2. The van der Waals surface area contributed by atoms with Gasteiger partial charge in [-0.05, 0) is 6.54 Å². The molecule has 0 unspecified atom stereocenters. The van der Waals surface area contributed by atoms with Gasteiger partial charge in [0.2, 0.25) is 5.91 Å². The summed E-state index contributed by atoms with van der Waals surface area (Å²) in [6, 6.07) is 0. The fourth-order valence-electron chi connectivity index (χ4n) is 2.70. The summed E-state index contributed by atoms with van der Waals surface area (Å²) in [6.07, 6.45) is 0. The maximum atomic E-state index is 11.9. The molecule has 2 rings (SSSR count). The molecule has 0 bridgehead atoms. The predicted octanol–water partition coefficient (Wildman–Crippen LogP) is -0.928. The molecule has 2 fully saturated rings. The Balaban J connectivity index is 1.54. The maximum absolute atomic E-state index is 11.9. The molecule has 1 amide bonds. The van der Waals surface area contributed by atoms with Gasteiger partial charge in [0.1, 0.15) is 0 Å². The first-order chi connectivity index (χ1) is 9.78. The number of amides is 1. The molecule has 0 aliphatic carbocycles. The Labute approximate surface area is 122 Å². The summed E-state index contributed by atoms with van der Waals surface area (Å²) in [5.41, 5.74) is 0. The summed E-state index contributed by atoms with van der Waals surface area (Å²) < 4.78 is 5.31. The average Bonchev–Trinajstić information content (AvgIpc) is 2.49. The molecule has 0 aromatic rings. The number of likely N-dealkylation sites (N-methyl/N-ethyl adjacent to an activating group) is 1. The van der Waals surface area contributed by atoms with Crippen LogP contribution in [0.25, 0.3) is 0 Å². The highest BCUT2D eigenvalue weighted by atomic mass is 16.5. The second-order valence-electron chi connectivity index (χ2n) is 5.51. The monoisotopic (exact) mass is 284 g/mol. The van der Waals surface area contributed by atoms with Crippen LogP contribution in [-0.2, 0) is 9.53 Å². The van der Waals surface area contributed by atoms with Gasteiger partial charge in [0.25, 0.3) is 0 Å². The molecule has 116 valence electrons. The van der Waals surface area contributed by atoms with E-state index in [1.165, 1.54) is 0 Å². The summed E-state index contributed by atoms with van der Waals surface area (Å²) in [4.78, 5) is 18.9. The number of morpholine rings is 1. The third-order valence-electron chi connectivity index (χ3n) is 4.13. The van der Waals surface area contributed by atoms with Crippen LogP contribution in [-0.4, -0.2) is 99.3 Å². The van der Waals surface area contributed by atoms with E-state index in [0.717, 1.165) is 72.1 Å². The first-order valence-electron chi connectivity index (χ1n) is 7.79. The number of carbonyl (C=O) groups excluding carboxylic acids is 1. The molecule has 2 saturated heterocycles. The fraction of sp³-hybridized carbons (Fsp3) is 0.929. The minimum atomic E-state index is 0.156. The third-order valence-corrected chi connectivity index (χ3v) is 4.13. The van der Waals surface area contributed by atoms with Crippen LogP contribution in [0.5, 0.6) is 0 Å². The summed E-state index contributed by atoms with van der Waals surface area (Å²) in [6.45, 7) is 13.3. The van der Waals surface area contributed by atoms with E-state index in [2.05, 4.69) is 26.9 Å². The lowest BCUT2D eigenvalue weighted by Gasteiger charge is -2.33. The van der Waals surface area contributed by atoms with Gasteiger partial charge in [0, 0.05) is 52.4 Å². The summed E-state index contributed by atoms with van der Waals surface area (Å²) >= 11 is 0. The van der Waals surface area contributed by atoms with Crippen LogP contribution in [0.2, 0.25) is 0 Å². The Morgan fingerprint density at radius 2 is 1.65 bits per heavy atom. The number of nitrogens with zero attached hydrogens (tertiary/aromatic N) is 3. The number of rotatable bonds is 6. The lowest BCUT2D eigenvalue weighted by molar-refractivity contribution is -0.122. The van der Waals surface area contributed by atoms with E-state index in [0.29, 0.717) is 6.54 Å². The number of ether oxygens (including phenoxy) is 1. The van der Waals surface area contributed by atoms with Crippen molar-refractivity contribution in [3.8, 4) is 0 Å². The van der Waals surface area contributed by atoms with Crippen molar-refractivity contribution in [1.29, 1.82) is 0 Å². The van der Waals surface area contributed by atoms with Gasteiger partial charge < -0.3 is 15.0 Å². The zero-order valence-corrected chi connectivity index (χ0v) is 12.6. The molecule has 6 nitrogen and oxygen atoms in total. The van der Waals surface area contributed by atoms with Gasteiger partial charge in [-0.3, -0.25) is 14.6 Å². The van der Waals surface area contributed by atoms with Crippen LogP contribution in [0.15, 0.2) is 0 Å². The normalized spacial score (nSPS) is 22.9. The number of hydrogen-bond donors (Lipinski definition) is 1. The highest BCUT2D eigenvalue weighted by Gasteiger charge is 2.17. The maximum Gasteiger partial charge on any atom is 0.234 e. The average molecular weight is 284 g/mol. The standard InChI is InChI=1S/C14H28N4O2/c1-2-16-5-7-18(8-6-16)13-14(19)15-3-4-17-9-11-20-12-10-17/h2-13H2,1H3,(H,15,19). The Bertz CT molecular complexity index is 287. The smallest absolute Gasteiger partial charge is 0.234 e. The second kappa shape index (κ2) is 8.56. The van der Waals surface area contributed by atoms with Crippen LogP contribution in [0.4, 0.5) is 0 Å². The predicted molar refractivity (Wildman–Crippen MR) is 78.8 cm³/mol. The number of nitrogens with one attached hydrogen (secondary N) is 1. The minimum Gasteiger partial charge on any atom is -0.379 e. The summed E-state index contributed by atoms with van der Waals surface area (Å²) in [7, 11) is 0. The SMILES string of the molecule is CCN1CCN(CC(=O)NCCN2CCOCC2)CC1. The molecule has 0 atom stereocenters. The van der Waals surface area contributed by atoms with Crippen molar-refractivity contribution in [3.05, 3.63) is 0 Å². The molecule has 0 saturated carbocycles. The minimum absolute atomic E-state index is 0.156. The molecule has 1 N–H and O–H groups in total. The van der Waals surface area contributed by atoms with E-state index in [1.807, 2.05) is 0 Å². The third kappa shape index (κ3) is 5.36. The zero-order valence-electron chi connectivity index (χ0n) is 12.6. The van der Waals surface area contributed by atoms with Crippen LogP contribution in [0.1, 0.15) is 6.92 Å². The topological polar surface area (TPSA) is 48.0 Å². The van der Waals surface area contributed by atoms with E-state index in [9.17, 15) is 4.79 Å². The molecule has 0 spiro atoms. The molecule has 0 aromatic heterocycles. The van der Waals surface area contributed by atoms with Crippen molar-refractivity contribution in [3.63, 3.8) is 0 Å². The lowest BCUT2D eigenvalue weighted by atomic mass is 10.3. The molecule has 2 aliphatic heterocycles. The lowest BCUT2D eigenvalue weighted by Crippen LogP contribution is -2.50. The van der Waals surface area contributed by atoms with Crippen molar-refractivity contribution in [2.24, 2.45) is 0 Å². The van der Waals surface area contributed by atoms with E-state index >= 15 is 0 Å². The van der Waals surface area contributed by atoms with Gasteiger partial charge in [0.05, 0.1) is 19.8 Å². The molecule has 6 heteroatoms. The fourth-order valence-corrected chi connectivity index (χ4v) is 2.70. The van der Waals surface area contributed by atoms with E-state index in [4.69, 9.17) is 4.74 Å². The molecular formula is C14H28N4O2. The second-order valence-corrected chi connectivity index (χ2v) is 5.51. The van der Waals surface area contributed by atoms with E-state index < -0.39 is 0 Å². The van der Waals surface area contributed by atoms with Crippen molar-refractivity contribution in [1.82, 2.24) is 20.0 Å². The summed E-state index contributed by atoms with van der Waals surface area (Å²) in [5.74, 6) is 0.156. The first kappa shape index (κ1) is 15.7. The van der Waals surface area contributed by atoms with Gasteiger partial charge in [-0.2, -0.15) is 0 Å². The number of carbonyl (C=O) groups is 1. The van der Waals surface area contributed by atoms with Gasteiger partial charge in [-0.15, -0.1) is 0 Å². The molecule has 2 heterocycles. The molecular weight excluding hydrogens is 256 g/mol. The molecule has 0 aromatic carbocycles. The number of piperazine rings is 1. The van der Waals surface area contributed by atoms with Crippen LogP contribution < -0.4 is 5.32 Å². The van der Waals surface area contributed by atoms with Crippen LogP contribution in [0.3, 0.4) is 0 Å². The first-order valence-corrected chi connectivity index (χ1v) is 7.79. The Morgan fingerprint density at radius 3 is 2.30 bits per heavy atom. The van der Waals surface area contributed by atoms with Crippen molar-refractivity contribution in [2.75, 3.05) is 78.7 Å². The van der Waals surface area contributed by atoms with Gasteiger partial charge >= 0.3 is 0 Å². The van der Waals surface area contributed by atoms with Crippen molar-refractivity contribution < 1.29 is 9.53 Å². The van der Waals surface area contributed by atoms with Crippen molar-refractivity contribution >= 4 is 5.91 Å². The van der Waals surface area contributed by atoms with Gasteiger partial charge in [0.15, 0.2) is 0 Å². The largest absolute Gasteiger partial charge is 0.379 e. The quantitative estimate of drug-likeness (QED) is 0.683. The van der Waals surface area contributed by atoms with E-state index in [-0.39, 0.29) is 5.91 Å². The Morgan fingerprint density at radius 1 is 1.00 bits per heavy atom. The molecule has 0 radical (unpaired) electrons. The Hall–Kier alpha value is -0.690. The van der Waals surface area contributed by atoms with Gasteiger partial charge in [-0.25, -0.2) is 0 Å². The van der Waals surface area contributed by atoms with Crippen LogP contribution >= 0.6 is 0 Å².